The highest BCUT2D eigenvalue weighted by Crippen LogP contribution is 2.05. The van der Waals surface area contributed by atoms with Crippen LogP contribution in [0.2, 0.25) is 0 Å². The molecule has 1 atom stereocenters. The van der Waals surface area contributed by atoms with Crippen molar-refractivity contribution in [3.8, 4) is 0 Å². The zero-order valence-electron chi connectivity index (χ0n) is 12.5. The summed E-state index contributed by atoms with van der Waals surface area (Å²) in [6.45, 7) is 8.24. The number of rotatable bonds is 9. The first-order chi connectivity index (χ1) is 9.60. The van der Waals surface area contributed by atoms with Gasteiger partial charge in [0.15, 0.2) is 0 Å². The predicted octanol–water partition coefficient (Wildman–Crippen LogP) is 0.137. The largest absolute Gasteiger partial charge is 0.383 e. The Hall–Kier alpha value is -1.44. The summed E-state index contributed by atoms with van der Waals surface area (Å²) in [6.07, 6.45) is 3.43. The molecule has 0 saturated carbocycles. The summed E-state index contributed by atoms with van der Waals surface area (Å²) in [6, 6.07) is -0.668. The maximum Gasteiger partial charge on any atom is 0.243 e. The van der Waals surface area contributed by atoms with Crippen LogP contribution >= 0.6 is 0 Å². The second kappa shape index (κ2) is 8.68. The molecular weight excluding hydrogens is 258 g/mol. The van der Waals surface area contributed by atoms with Gasteiger partial charge in [0, 0.05) is 19.9 Å². The number of likely N-dealkylation sites (N-methyl/N-ethyl adjacent to an activating group) is 1. The molecule has 0 fully saturated rings. The van der Waals surface area contributed by atoms with Crippen LogP contribution in [0, 0.1) is 0 Å². The number of hydrogen-bond donors (Lipinski definition) is 2. The molecule has 114 valence electrons. The third kappa shape index (κ3) is 5.28. The molecule has 1 heterocycles. The Kier molecular flexibility index (Phi) is 7.21. The van der Waals surface area contributed by atoms with Gasteiger partial charge in [-0.2, -0.15) is 5.10 Å². The molecule has 0 aromatic carbocycles. The lowest BCUT2D eigenvalue weighted by atomic mass is 10.3. The summed E-state index contributed by atoms with van der Waals surface area (Å²) in [5.41, 5.74) is 6.30. The number of amides is 1. The summed E-state index contributed by atoms with van der Waals surface area (Å²) >= 11 is 0. The monoisotopic (exact) mass is 283 g/mol. The fraction of sp³-hybridized carbons (Fsp3) is 0.692. The number of carbonyl (C=O) groups excluding carboxylic acids is 1. The van der Waals surface area contributed by atoms with E-state index >= 15 is 0 Å². The number of hydrogen-bond acceptors (Lipinski definition) is 5. The fourth-order valence-corrected chi connectivity index (χ4v) is 1.82. The Labute approximate surface area is 120 Å². The van der Waals surface area contributed by atoms with Crippen LogP contribution < -0.4 is 11.1 Å². The van der Waals surface area contributed by atoms with Gasteiger partial charge in [-0.1, -0.05) is 13.8 Å². The average molecular weight is 283 g/mol. The van der Waals surface area contributed by atoms with Gasteiger partial charge in [-0.15, -0.1) is 0 Å². The van der Waals surface area contributed by atoms with Crippen molar-refractivity contribution in [1.82, 2.24) is 14.7 Å². The lowest BCUT2D eigenvalue weighted by Gasteiger charge is -2.17. The van der Waals surface area contributed by atoms with Crippen LogP contribution in [-0.2, 0) is 16.1 Å². The number of nitrogens with zero attached hydrogens (tertiary/aromatic N) is 3. The number of carbonyl (C=O) groups is 1. The normalized spacial score (nSPS) is 12.7. The van der Waals surface area contributed by atoms with Crippen molar-refractivity contribution in [2.24, 2.45) is 5.73 Å². The van der Waals surface area contributed by atoms with Crippen molar-refractivity contribution in [2.45, 2.75) is 26.4 Å². The highest BCUT2D eigenvalue weighted by Gasteiger charge is 2.13. The predicted molar refractivity (Wildman–Crippen MR) is 78.5 cm³/mol. The third-order valence-electron chi connectivity index (χ3n) is 3.12. The van der Waals surface area contributed by atoms with Crippen LogP contribution in [0.25, 0.3) is 0 Å². The molecular formula is C13H25N5O2. The molecule has 0 aliphatic heterocycles. The molecule has 3 N–H and O–H groups in total. The van der Waals surface area contributed by atoms with E-state index in [1.54, 1.807) is 12.4 Å². The van der Waals surface area contributed by atoms with Crippen LogP contribution in [0.3, 0.4) is 0 Å². The van der Waals surface area contributed by atoms with E-state index in [0.29, 0.717) is 5.69 Å². The Bertz CT molecular complexity index is 403. The summed E-state index contributed by atoms with van der Waals surface area (Å²) in [5.74, 6) is -0.268. The molecule has 7 heteroatoms. The topological polar surface area (TPSA) is 85.4 Å². The van der Waals surface area contributed by atoms with Gasteiger partial charge in [-0.25, -0.2) is 0 Å². The first-order valence-corrected chi connectivity index (χ1v) is 6.90. The van der Waals surface area contributed by atoms with Crippen molar-refractivity contribution in [1.29, 1.82) is 0 Å². The minimum atomic E-state index is -0.668. The van der Waals surface area contributed by atoms with Gasteiger partial charge in [0.05, 0.1) is 25.0 Å². The average Bonchev–Trinajstić information content (AvgIpc) is 2.87. The number of ether oxygens (including phenoxy) is 1. The van der Waals surface area contributed by atoms with Gasteiger partial charge in [0.2, 0.25) is 5.91 Å². The molecule has 0 spiro atoms. The molecule has 1 unspecified atom stereocenters. The van der Waals surface area contributed by atoms with Crippen molar-refractivity contribution < 1.29 is 9.53 Å². The second-order valence-corrected chi connectivity index (χ2v) is 4.57. The zero-order valence-corrected chi connectivity index (χ0v) is 12.5. The SMILES string of the molecule is CCN(CC)CCn1cc(NC(=O)C(N)COC)cn1. The Morgan fingerprint density at radius 2 is 2.25 bits per heavy atom. The minimum Gasteiger partial charge on any atom is -0.383 e. The van der Waals surface area contributed by atoms with Gasteiger partial charge in [0.1, 0.15) is 6.04 Å². The first kappa shape index (κ1) is 16.6. The van der Waals surface area contributed by atoms with Gasteiger partial charge in [0.25, 0.3) is 0 Å². The molecule has 1 amide bonds. The van der Waals surface area contributed by atoms with Gasteiger partial charge < -0.3 is 20.7 Å². The van der Waals surface area contributed by atoms with Crippen molar-refractivity contribution in [3.05, 3.63) is 12.4 Å². The molecule has 20 heavy (non-hydrogen) atoms. The van der Waals surface area contributed by atoms with Crippen LogP contribution in [0.1, 0.15) is 13.8 Å². The van der Waals surface area contributed by atoms with Gasteiger partial charge in [-0.05, 0) is 13.1 Å². The number of nitrogens with two attached hydrogens (primary N) is 1. The molecule has 1 rings (SSSR count). The summed E-state index contributed by atoms with van der Waals surface area (Å²) in [5, 5.41) is 6.94. The van der Waals surface area contributed by atoms with Gasteiger partial charge in [-0.3, -0.25) is 9.48 Å². The standard InChI is InChI=1S/C13H25N5O2/c1-4-17(5-2)6-7-18-9-11(8-15-18)16-13(19)12(14)10-20-3/h8-9,12H,4-7,10,14H2,1-3H3,(H,16,19). The smallest absolute Gasteiger partial charge is 0.243 e. The van der Waals surface area contributed by atoms with E-state index in [2.05, 4.69) is 29.2 Å². The van der Waals surface area contributed by atoms with Crippen LogP contribution in [0.5, 0.6) is 0 Å². The highest BCUT2D eigenvalue weighted by atomic mass is 16.5. The van der Waals surface area contributed by atoms with E-state index in [-0.39, 0.29) is 12.5 Å². The van der Waals surface area contributed by atoms with Crippen LogP contribution in [0.15, 0.2) is 12.4 Å². The van der Waals surface area contributed by atoms with Crippen molar-refractivity contribution >= 4 is 11.6 Å². The highest BCUT2D eigenvalue weighted by molar-refractivity contribution is 5.94. The molecule has 0 radical (unpaired) electrons. The number of aromatic nitrogens is 2. The quantitative estimate of drug-likeness (QED) is 0.673. The number of anilines is 1. The van der Waals surface area contributed by atoms with E-state index in [0.717, 1.165) is 26.2 Å². The Morgan fingerprint density at radius 1 is 1.55 bits per heavy atom. The van der Waals surface area contributed by atoms with E-state index in [9.17, 15) is 4.79 Å². The van der Waals surface area contributed by atoms with E-state index in [4.69, 9.17) is 10.5 Å². The first-order valence-electron chi connectivity index (χ1n) is 6.90. The maximum atomic E-state index is 11.7. The van der Waals surface area contributed by atoms with E-state index in [1.807, 2.05) is 4.68 Å². The van der Waals surface area contributed by atoms with E-state index in [1.165, 1.54) is 7.11 Å². The molecule has 1 aromatic rings. The van der Waals surface area contributed by atoms with Crippen molar-refractivity contribution in [3.63, 3.8) is 0 Å². The number of nitrogens with one attached hydrogen (secondary N) is 1. The molecule has 0 bridgehead atoms. The summed E-state index contributed by atoms with van der Waals surface area (Å²) in [4.78, 5) is 14.0. The second-order valence-electron chi connectivity index (χ2n) is 4.57. The van der Waals surface area contributed by atoms with E-state index < -0.39 is 6.04 Å². The van der Waals surface area contributed by atoms with Gasteiger partial charge >= 0.3 is 0 Å². The van der Waals surface area contributed by atoms with Crippen LogP contribution in [0.4, 0.5) is 5.69 Å². The van der Waals surface area contributed by atoms with Crippen LogP contribution in [-0.4, -0.2) is 60.0 Å². The molecule has 0 aliphatic carbocycles. The Balaban J connectivity index is 2.45. The minimum absolute atomic E-state index is 0.196. The zero-order chi connectivity index (χ0) is 15.0. The molecule has 0 saturated heterocycles. The Morgan fingerprint density at radius 3 is 2.85 bits per heavy atom. The maximum absolute atomic E-state index is 11.7. The fourth-order valence-electron chi connectivity index (χ4n) is 1.82. The number of methoxy groups -OCH3 is 1. The summed E-state index contributed by atoms with van der Waals surface area (Å²) < 4.78 is 6.66. The molecule has 1 aromatic heterocycles. The molecule has 7 nitrogen and oxygen atoms in total. The third-order valence-corrected chi connectivity index (χ3v) is 3.12. The lowest BCUT2D eigenvalue weighted by molar-refractivity contribution is -0.118. The summed E-state index contributed by atoms with van der Waals surface area (Å²) in [7, 11) is 1.51. The lowest BCUT2D eigenvalue weighted by Crippen LogP contribution is -2.39. The van der Waals surface area contributed by atoms with Crippen molar-refractivity contribution in [2.75, 3.05) is 38.7 Å². The molecule has 0 aliphatic rings.